The molecule has 0 unspecified atom stereocenters. The molecule has 0 spiro atoms. The first kappa shape index (κ1) is 8.76. The Morgan fingerprint density at radius 3 is 2.58 bits per heavy atom. The van der Waals surface area contributed by atoms with Crippen molar-refractivity contribution in [3.63, 3.8) is 0 Å². The van der Waals surface area contributed by atoms with Gasteiger partial charge in [-0.05, 0) is 25.0 Å². The molecule has 1 aromatic rings. The van der Waals surface area contributed by atoms with Crippen LogP contribution < -0.4 is 5.73 Å². The summed E-state index contributed by atoms with van der Waals surface area (Å²) in [5, 5.41) is 8.84. The number of nitrogens with two attached hydrogens (primary N) is 1. The van der Waals surface area contributed by atoms with Gasteiger partial charge >= 0.3 is 0 Å². The summed E-state index contributed by atoms with van der Waals surface area (Å²) in [7, 11) is 0. The van der Waals surface area contributed by atoms with Crippen molar-refractivity contribution in [2.45, 2.75) is 19.9 Å². The molecule has 0 radical (unpaired) electrons. The summed E-state index contributed by atoms with van der Waals surface area (Å²) in [5.74, 6) is 0. The summed E-state index contributed by atoms with van der Waals surface area (Å²) in [5.41, 5.74) is 8.34. The maximum atomic E-state index is 8.84. The number of nitrogens with zero attached hydrogens (tertiary/aromatic N) is 1. The number of hydrogen-bond donors (Lipinski definition) is 1. The average Bonchev–Trinajstić information content (AvgIpc) is 2.03. The SMILES string of the molecule is Cc1cccc([C@@H](C)N)c1C#N. The fraction of sp³-hybridized carbons (Fsp3) is 0.300. The minimum atomic E-state index is -0.0699. The zero-order chi connectivity index (χ0) is 9.14. The van der Waals surface area contributed by atoms with Crippen molar-refractivity contribution in [3.05, 3.63) is 34.9 Å². The minimum absolute atomic E-state index is 0.0699. The molecule has 2 N–H and O–H groups in total. The maximum Gasteiger partial charge on any atom is 0.0997 e. The summed E-state index contributed by atoms with van der Waals surface area (Å²) in [6.07, 6.45) is 0. The van der Waals surface area contributed by atoms with Gasteiger partial charge in [0.15, 0.2) is 0 Å². The molecule has 0 fully saturated rings. The lowest BCUT2D eigenvalue weighted by Gasteiger charge is -2.08. The fourth-order valence-electron chi connectivity index (χ4n) is 1.22. The zero-order valence-electron chi connectivity index (χ0n) is 7.33. The summed E-state index contributed by atoms with van der Waals surface area (Å²) in [4.78, 5) is 0. The van der Waals surface area contributed by atoms with Crippen LogP contribution in [0.5, 0.6) is 0 Å². The first-order valence-electron chi connectivity index (χ1n) is 3.92. The van der Waals surface area contributed by atoms with E-state index in [0.29, 0.717) is 5.56 Å². The average molecular weight is 160 g/mol. The molecule has 0 aliphatic carbocycles. The van der Waals surface area contributed by atoms with Gasteiger partial charge in [-0.1, -0.05) is 18.2 Å². The first-order valence-corrected chi connectivity index (χ1v) is 3.92. The topological polar surface area (TPSA) is 49.8 Å². The molecule has 0 heterocycles. The van der Waals surface area contributed by atoms with E-state index in [1.54, 1.807) is 0 Å². The van der Waals surface area contributed by atoms with Crippen LogP contribution in [0.15, 0.2) is 18.2 Å². The molecule has 0 saturated carbocycles. The number of nitriles is 1. The largest absolute Gasteiger partial charge is 0.324 e. The Hall–Kier alpha value is -1.33. The molecule has 2 heteroatoms. The second kappa shape index (κ2) is 3.38. The summed E-state index contributed by atoms with van der Waals surface area (Å²) in [6.45, 7) is 3.81. The number of hydrogen-bond acceptors (Lipinski definition) is 2. The van der Waals surface area contributed by atoms with Crippen molar-refractivity contribution < 1.29 is 0 Å². The lowest BCUT2D eigenvalue weighted by atomic mass is 9.99. The molecule has 0 aromatic heterocycles. The normalized spacial score (nSPS) is 12.2. The predicted octanol–water partition coefficient (Wildman–Crippen LogP) is 1.89. The second-order valence-corrected chi connectivity index (χ2v) is 2.94. The van der Waals surface area contributed by atoms with Crippen molar-refractivity contribution in [1.29, 1.82) is 5.26 Å². The Morgan fingerprint density at radius 1 is 1.50 bits per heavy atom. The van der Waals surface area contributed by atoms with Gasteiger partial charge in [0.05, 0.1) is 11.6 Å². The summed E-state index contributed by atoms with van der Waals surface area (Å²) in [6, 6.07) is 7.84. The van der Waals surface area contributed by atoms with Gasteiger partial charge in [0, 0.05) is 6.04 Å². The lowest BCUT2D eigenvalue weighted by Crippen LogP contribution is -2.07. The van der Waals surface area contributed by atoms with Gasteiger partial charge in [-0.15, -0.1) is 0 Å². The molecule has 1 rings (SSSR count). The monoisotopic (exact) mass is 160 g/mol. The zero-order valence-corrected chi connectivity index (χ0v) is 7.33. The van der Waals surface area contributed by atoms with E-state index < -0.39 is 0 Å². The highest BCUT2D eigenvalue weighted by Gasteiger charge is 2.07. The molecule has 12 heavy (non-hydrogen) atoms. The van der Waals surface area contributed by atoms with Crippen LogP contribution in [0.2, 0.25) is 0 Å². The molecule has 0 saturated heterocycles. The van der Waals surface area contributed by atoms with Crippen molar-refractivity contribution >= 4 is 0 Å². The van der Waals surface area contributed by atoms with E-state index in [-0.39, 0.29) is 6.04 Å². The molecule has 0 bridgehead atoms. The van der Waals surface area contributed by atoms with Crippen LogP contribution in [0.1, 0.15) is 29.7 Å². The highest BCUT2D eigenvalue weighted by atomic mass is 14.6. The van der Waals surface area contributed by atoms with Gasteiger partial charge in [0.1, 0.15) is 0 Å². The molecular formula is C10H12N2. The second-order valence-electron chi connectivity index (χ2n) is 2.94. The lowest BCUT2D eigenvalue weighted by molar-refractivity contribution is 0.813. The van der Waals surface area contributed by atoms with E-state index in [4.69, 9.17) is 11.0 Å². The van der Waals surface area contributed by atoms with Crippen LogP contribution in [-0.2, 0) is 0 Å². The van der Waals surface area contributed by atoms with Crippen molar-refractivity contribution in [1.82, 2.24) is 0 Å². The van der Waals surface area contributed by atoms with Gasteiger partial charge in [-0.25, -0.2) is 0 Å². The third kappa shape index (κ3) is 1.46. The van der Waals surface area contributed by atoms with Crippen LogP contribution in [0.25, 0.3) is 0 Å². The molecule has 0 amide bonds. The van der Waals surface area contributed by atoms with E-state index in [2.05, 4.69) is 6.07 Å². The quantitative estimate of drug-likeness (QED) is 0.682. The highest BCUT2D eigenvalue weighted by Crippen LogP contribution is 2.17. The van der Waals surface area contributed by atoms with Crippen LogP contribution in [0.4, 0.5) is 0 Å². The van der Waals surface area contributed by atoms with Gasteiger partial charge in [-0.2, -0.15) is 5.26 Å². The molecule has 62 valence electrons. The van der Waals surface area contributed by atoms with E-state index >= 15 is 0 Å². The third-order valence-corrected chi connectivity index (χ3v) is 1.91. The third-order valence-electron chi connectivity index (χ3n) is 1.91. The van der Waals surface area contributed by atoms with E-state index in [0.717, 1.165) is 11.1 Å². The van der Waals surface area contributed by atoms with Crippen molar-refractivity contribution in [2.75, 3.05) is 0 Å². The molecule has 1 atom stereocenters. The van der Waals surface area contributed by atoms with Crippen LogP contribution in [-0.4, -0.2) is 0 Å². The maximum absolute atomic E-state index is 8.84. The Kier molecular flexibility index (Phi) is 2.47. The standard InChI is InChI=1S/C10H12N2/c1-7-4-3-5-9(8(2)12)10(7)6-11/h3-5,8H,12H2,1-2H3/t8-/m1/s1. The number of rotatable bonds is 1. The van der Waals surface area contributed by atoms with Crippen LogP contribution in [0, 0.1) is 18.3 Å². The molecule has 0 aliphatic heterocycles. The van der Waals surface area contributed by atoms with Gasteiger partial charge in [0.2, 0.25) is 0 Å². The van der Waals surface area contributed by atoms with E-state index in [9.17, 15) is 0 Å². The van der Waals surface area contributed by atoms with Gasteiger partial charge in [0.25, 0.3) is 0 Å². The van der Waals surface area contributed by atoms with Crippen LogP contribution in [0.3, 0.4) is 0 Å². The molecule has 2 nitrogen and oxygen atoms in total. The first-order chi connectivity index (χ1) is 5.66. The molecule has 0 aliphatic rings. The van der Waals surface area contributed by atoms with Gasteiger partial charge < -0.3 is 5.73 Å². The number of aryl methyl sites for hydroxylation is 1. The van der Waals surface area contributed by atoms with Crippen molar-refractivity contribution in [3.8, 4) is 6.07 Å². The predicted molar refractivity (Wildman–Crippen MR) is 48.5 cm³/mol. The van der Waals surface area contributed by atoms with Gasteiger partial charge in [-0.3, -0.25) is 0 Å². The Morgan fingerprint density at radius 2 is 2.17 bits per heavy atom. The molecular weight excluding hydrogens is 148 g/mol. The Balaban J connectivity index is 3.30. The number of benzene rings is 1. The highest BCUT2D eigenvalue weighted by molar-refractivity contribution is 5.44. The van der Waals surface area contributed by atoms with E-state index in [1.807, 2.05) is 32.0 Å². The summed E-state index contributed by atoms with van der Waals surface area (Å²) >= 11 is 0. The molecule has 1 aromatic carbocycles. The van der Waals surface area contributed by atoms with E-state index in [1.165, 1.54) is 0 Å². The Bertz CT molecular complexity index is 321. The Labute approximate surface area is 72.6 Å². The van der Waals surface area contributed by atoms with Crippen LogP contribution >= 0.6 is 0 Å². The fourth-order valence-corrected chi connectivity index (χ4v) is 1.22. The van der Waals surface area contributed by atoms with Crippen molar-refractivity contribution in [2.24, 2.45) is 5.73 Å². The smallest absolute Gasteiger partial charge is 0.0997 e. The summed E-state index contributed by atoms with van der Waals surface area (Å²) < 4.78 is 0. The minimum Gasteiger partial charge on any atom is -0.324 e.